The number of aromatic nitrogens is 3. The van der Waals surface area contributed by atoms with Gasteiger partial charge in [0, 0.05) is 16.2 Å². The number of thioether (sulfide) groups is 1. The van der Waals surface area contributed by atoms with Gasteiger partial charge in [0.1, 0.15) is 11.8 Å². The number of nitrogens with one attached hydrogen (secondary N) is 1. The van der Waals surface area contributed by atoms with Gasteiger partial charge in [-0.2, -0.15) is 15.6 Å². The largest absolute Gasteiger partial charge is 0.196 e. The first-order valence-corrected chi connectivity index (χ1v) is 8.39. The van der Waals surface area contributed by atoms with Crippen LogP contribution in [0.1, 0.15) is 11.3 Å². The molecule has 0 spiro atoms. The van der Waals surface area contributed by atoms with Crippen LogP contribution in [0.25, 0.3) is 11.3 Å². The van der Waals surface area contributed by atoms with E-state index in [0.717, 1.165) is 21.8 Å². The minimum atomic E-state index is 0.291. The minimum Gasteiger partial charge on any atom is -0.196 e. The maximum atomic E-state index is 9.04. The second-order valence-corrected chi connectivity index (χ2v) is 6.56. The fraction of sp³-hybridized carbons (Fsp3) is 0.0625. The number of nitrogens with zero attached hydrogens (tertiary/aromatic N) is 3. The Hall–Kier alpha value is -2.00. The number of rotatable bonds is 4. The van der Waals surface area contributed by atoms with Crippen LogP contribution in [0.3, 0.4) is 0 Å². The first-order valence-electron chi connectivity index (χ1n) is 6.65. The third-order valence-corrected chi connectivity index (χ3v) is 4.95. The molecule has 114 valence electrons. The summed E-state index contributed by atoms with van der Waals surface area (Å²) in [6, 6.07) is 15.5. The van der Waals surface area contributed by atoms with Gasteiger partial charge in [0.2, 0.25) is 0 Å². The molecule has 0 fully saturated rings. The maximum absolute atomic E-state index is 9.04. The number of benzene rings is 2. The average Bonchev–Trinajstić information content (AvgIpc) is 3.05. The molecule has 0 aliphatic heterocycles. The Kier molecular flexibility index (Phi) is 4.87. The molecule has 0 aliphatic carbocycles. The zero-order valence-electron chi connectivity index (χ0n) is 11.8. The summed E-state index contributed by atoms with van der Waals surface area (Å²) in [5.41, 5.74) is 2.83. The molecule has 0 saturated carbocycles. The molecule has 1 heterocycles. The second kappa shape index (κ2) is 7.05. The maximum Gasteiger partial charge on any atom is 0.190 e. The van der Waals surface area contributed by atoms with Gasteiger partial charge in [-0.15, -0.1) is 16.9 Å². The Morgan fingerprint density at radius 2 is 1.96 bits per heavy atom. The van der Waals surface area contributed by atoms with Crippen molar-refractivity contribution in [3.8, 4) is 17.3 Å². The summed E-state index contributed by atoms with van der Waals surface area (Å²) in [6.07, 6.45) is 0. The molecule has 0 radical (unpaired) electrons. The van der Waals surface area contributed by atoms with Gasteiger partial charge < -0.3 is 0 Å². The molecule has 7 heteroatoms. The molecule has 1 N–H and O–H groups in total. The predicted octanol–water partition coefficient (Wildman–Crippen LogP) is 4.94. The molecule has 1 aromatic heterocycles. The Balaban J connectivity index is 1.78. The van der Waals surface area contributed by atoms with Crippen LogP contribution in [0.4, 0.5) is 0 Å². The molecule has 4 nitrogen and oxygen atoms in total. The minimum absolute atomic E-state index is 0.291. The van der Waals surface area contributed by atoms with Crippen molar-refractivity contribution < 1.29 is 0 Å². The Labute approximate surface area is 147 Å². The van der Waals surface area contributed by atoms with Gasteiger partial charge >= 0.3 is 0 Å². The third-order valence-electron chi connectivity index (χ3n) is 3.15. The molecule has 0 saturated heterocycles. The van der Waals surface area contributed by atoms with Crippen molar-refractivity contribution in [2.45, 2.75) is 10.6 Å². The van der Waals surface area contributed by atoms with Crippen LogP contribution in [0.15, 0.2) is 47.4 Å². The van der Waals surface area contributed by atoms with E-state index in [-0.39, 0.29) is 0 Å². The lowest BCUT2D eigenvalue weighted by molar-refractivity contribution is 0.937. The Bertz CT molecular complexity index is 886. The van der Waals surface area contributed by atoms with E-state index in [1.165, 1.54) is 0 Å². The van der Waals surface area contributed by atoms with Gasteiger partial charge in [-0.1, -0.05) is 41.4 Å². The highest BCUT2D eigenvalue weighted by molar-refractivity contribution is 7.98. The first-order chi connectivity index (χ1) is 11.2. The molecule has 2 aromatic carbocycles. The quantitative estimate of drug-likeness (QED) is 0.669. The van der Waals surface area contributed by atoms with Crippen LogP contribution in [0, 0.1) is 11.3 Å². The van der Waals surface area contributed by atoms with Crippen molar-refractivity contribution in [3.63, 3.8) is 0 Å². The zero-order valence-corrected chi connectivity index (χ0v) is 14.1. The first kappa shape index (κ1) is 15.9. The molecule has 0 atom stereocenters. The van der Waals surface area contributed by atoms with Gasteiger partial charge in [-0.05, 0) is 29.8 Å². The monoisotopic (exact) mass is 360 g/mol. The zero-order chi connectivity index (χ0) is 16.2. The summed E-state index contributed by atoms with van der Waals surface area (Å²) in [5.74, 6) is 0.769. The van der Waals surface area contributed by atoms with E-state index >= 15 is 0 Å². The molecule has 3 aromatic rings. The summed E-state index contributed by atoms with van der Waals surface area (Å²) in [7, 11) is 0. The van der Waals surface area contributed by atoms with Gasteiger partial charge in [0.05, 0.1) is 10.0 Å². The fourth-order valence-electron chi connectivity index (χ4n) is 2.05. The smallest absolute Gasteiger partial charge is 0.190 e. The molecule has 0 unspecified atom stereocenters. The lowest BCUT2D eigenvalue weighted by atomic mass is 10.1. The van der Waals surface area contributed by atoms with E-state index in [9.17, 15) is 0 Å². The lowest BCUT2D eigenvalue weighted by Crippen LogP contribution is -1.86. The molecular formula is C16H10Cl2N4S. The van der Waals surface area contributed by atoms with Crippen LogP contribution >= 0.6 is 35.0 Å². The SMILES string of the molecule is N#Cc1n[nH]nc1-c1cccc(CSc2ccc(Cl)c(Cl)c2)c1. The second-order valence-electron chi connectivity index (χ2n) is 4.70. The van der Waals surface area contributed by atoms with Crippen molar-refractivity contribution in [3.05, 3.63) is 63.8 Å². The molecular weight excluding hydrogens is 351 g/mol. The highest BCUT2D eigenvalue weighted by Gasteiger charge is 2.10. The lowest BCUT2D eigenvalue weighted by Gasteiger charge is -2.05. The van der Waals surface area contributed by atoms with Gasteiger partial charge in [-0.25, -0.2) is 0 Å². The van der Waals surface area contributed by atoms with Crippen LogP contribution in [0.2, 0.25) is 10.0 Å². The van der Waals surface area contributed by atoms with Crippen LogP contribution in [-0.4, -0.2) is 15.4 Å². The highest BCUT2D eigenvalue weighted by Crippen LogP contribution is 2.30. The summed E-state index contributed by atoms with van der Waals surface area (Å²) in [6.45, 7) is 0. The van der Waals surface area contributed by atoms with E-state index in [2.05, 4.69) is 15.4 Å². The third kappa shape index (κ3) is 3.67. The standard InChI is InChI=1S/C16H10Cl2N4S/c17-13-5-4-12(7-14(13)18)23-9-10-2-1-3-11(6-10)16-15(8-19)20-22-21-16/h1-7H,9H2,(H,20,21,22). The highest BCUT2D eigenvalue weighted by atomic mass is 35.5. The van der Waals surface area contributed by atoms with E-state index in [0.29, 0.717) is 21.4 Å². The summed E-state index contributed by atoms with van der Waals surface area (Å²) >= 11 is 13.6. The van der Waals surface area contributed by atoms with Crippen molar-refractivity contribution in [1.82, 2.24) is 15.4 Å². The normalized spacial score (nSPS) is 10.5. The molecule has 0 aliphatic rings. The molecule has 3 rings (SSSR count). The van der Waals surface area contributed by atoms with Crippen molar-refractivity contribution >= 4 is 35.0 Å². The topological polar surface area (TPSA) is 65.4 Å². The number of aromatic amines is 1. The number of hydrogen-bond acceptors (Lipinski definition) is 4. The van der Waals surface area contributed by atoms with Crippen LogP contribution in [0.5, 0.6) is 0 Å². The van der Waals surface area contributed by atoms with Crippen molar-refractivity contribution in [2.75, 3.05) is 0 Å². The number of hydrogen-bond donors (Lipinski definition) is 1. The predicted molar refractivity (Wildman–Crippen MR) is 92.6 cm³/mol. The van der Waals surface area contributed by atoms with E-state index in [1.54, 1.807) is 17.8 Å². The summed E-state index contributed by atoms with van der Waals surface area (Å²) in [5, 5.41) is 20.5. The van der Waals surface area contributed by atoms with Gasteiger partial charge in [-0.3, -0.25) is 0 Å². The molecule has 0 amide bonds. The van der Waals surface area contributed by atoms with E-state index in [1.807, 2.05) is 42.5 Å². The van der Waals surface area contributed by atoms with Gasteiger partial charge in [0.15, 0.2) is 5.69 Å². The number of nitriles is 1. The van der Waals surface area contributed by atoms with Gasteiger partial charge in [0.25, 0.3) is 0 Å². The summed E-state index contributed by atoms with van der Waals surface area (Å²) < 4.78 is 0. The van der Waals surface area contributed by atoms with Crippen molar-refractivity contribution in [1.29, 1.82) is 5.26 Å². The fourth-order valence-corrected chi connectivity index (χ4v) is 3.29. The average molecular weight is 361 g/mol. The van der Waals surface area contributed by atoms with Crippen molar-refractivity contribution in [2.24, 2.45) is 0 Å². The summed E-state index contributed by atoms with van der Waals surface area (Å²) in [4.78, 5) is 1.05. The number of H-pyrrole nitrogens is 1. The molecule has 23 heavy (non-hydrogen) atoms. The number of halogens is 2. The van der Waals surface area contributed by atoms with E-state index in [4.69, 9.17) is 28.5 Å². The Morgan fingerprint density at radius 1 is 1.09 bits per heavy atom. The van der Waals surface area contributed by atoms with E-state index < -0.39 is 0 Å². The molecule has 0 bridgehead atoms. The van der Waals surface area contributed by atoms with Crippen LogP contribution in [-0.2, 0) is 5.75 Å². The van der Waals surface area contributed by atoms with Crippen LogP contribution < -0.4 is 0 Å². The Morgan fingerprint density at radius 3 is 2.74 bits per heavy atom.